The van der Waals surface area contributed by atoms with E-state index in [1.54, 1.807) is 37.3 Å². The molecule has 1 heterocycles. The van der Waals surface area contributed by atoms with Gasteiger partial charge in [0.15, 0.2) is 0 Å². The Morgan fingerprint density at radius 1 is 0.914 bits per heavy atom. The molecule has 35 heavy (non-hydrogen) atoms. The third kappa shape index (κ3) is 5.08. The molecule has 1 fully saturated rings. The summed E-state index contributed by atoms with van der Waals surface area (Å²) in [7, 11) is 0. The molecule has 1 atom stereocenters. The highest BCUT2D eigenvalue weighted by Gasteiger charge is 2.49. The van der Waals surface area contributed by atoms with Crippen LogP contribution in [-0.2, 0) is 15.1 Å². The number of carbonyl (C=O) groups excluding carboxylic acids is 4. The van der Waals surface area contributed by atoms with Crippen molar-refractivity contribution in [3.05, 3.63) is 72.3 Å². The maximum Gasteiger partial charge on any atom is 0.325 e. The lowest BCUT2D eigenvalue weighted by Crippen LogP contribution is -2.42. The Balaban J connectivity index is 1.44. The van der Waals surface area contributed by atoms with Gasteiger partial charge in [-0.3, -0.25) is 14.5 Å². The van der Waals surface area contributed by atoms with Gasteiger partial charge >= 0.3 is 12.1 Å². The van der Waals surface area contributed by atoms with E-state index in [2.05, 4.69) is 21.3 Å². The minimum atomic E-state index is -1.28. The van der Waals surface area contributed by atoms with Crippen molar-refractivity contribution in [1.82, 2.24) is 15.5 Å². The van der Waals surface area contributed by atoms with Crippen molar-refractivity contribution in [3.8, 4) is 0 Å². The first-order valence-corrected chi connectivity index (χ1v) is 11.3. The average molecular weight is 474 g/mol. The highest BCUT2D eigenvalue weighted by atomic mass is 16.2. The predicted octanol–water partition coefficient (Wildman–Crippen LogP) is 3.78. The average Bonchev–Trinajstić information content (AvgIpc) is 3.02. The Hall–Kier alpha value is -4.40. The van der Waals surface area contributed by atoms with Crippen LogP contribution in [0.5, 0.6) is 0 Å². The molecular formula is C26H27N5O4. The van der Waals surface area contributed by atoms with Crippen molar-refractivity contribution in [2.45, 2.75) is 32.4 Å². The molecule has 1 saturated heterocycles. The van der Waals surface area contributed by atoms with Gasteiger partial charge in [0.1, 0.15) is 12.1 Å². The number of nitrogens with zero attached hydrogens (tertiary/aromatic N) is 1. The fraction of sp³-hybridized carbons (Fsp3) is 0.231. The molecule has 0 bridgehead atoms. The summed E-state index contributed by atoms with van der Waals surface area (Å²) in [6.07, 6.45) is 0. The maximum absolute atomic E-state index is 13.2. The van der Waals surface area contributed by atoms with E-state index >= 15 is 0 Å². The van der Waals surface area contributed by atoms with Crippen LogP contribution < -0.4 is 21.3 Å². The highest BCUT2D eigenvalue weighted by Crippen LogP contribution is 2.31. The summed E-state index contributed by atoms with van der Waals surface area (Å²) in [5, 5.41) is 12.8. The van der Waals surface area contributed by atoms with Gasteiger partial charge in [-0.05, 0) is 61.4 Å². The molecule has 0 spiro atoms. The summed E-state index contributed by atoms with van der Waals surface area (Å²) in [6, 6.07) is 18.9. The molecule has 6 amide bonds. The number of carbonyl (C=O) groups is 4. The second-order valence-electron chi connectivity index (χ2n) is 8.89. The van der Waals surface area contributed by atoms with Gasteiger partial charge < -0.3 is 21.3 Å². The fourth-order valence-corrected chi connectivity index (χ4v) is 3.98. The maximum atomic E-state index is 13.2. The van der Waals surface area contributed by atoms with Gasteiger partial charge in [-0.15, -0.1) is 0 Å². The van der Waals surface area contributed by atoms with E-state index in [1.165, 1.54) is 0 Å². The van der Waals surface area contributed by atoms with Crippen LogP contribution in [0.25, 0.3) is 10.8 Å². The number of hydrogen-bond donors (Lipinski definition) is 4. The molecule has 1 aliphatic heterocycles. The van der Waals surface area contributed by atoms with Crippen LogP contribution >= 0.6 is 0 Å². The number of hydrogen-bond acceptors (Lipinski definition) is 4. The van der Waals surface area contributed by atoms with Gasteiger partial charge in [0.05, 0.1) is 0 Å². The molecule has 3 aromatic rings. The van der Waals surface area contributed by atoms with Gasteiger partial charge in [-0.1, -0.05) is 42.5 Å². The number of benzene rings is 3. The number of urea groups is 2. The molecule has 0 radical (unpaired) electrons. The molecule has 9 nitrogen and oxygen atoms in total. The van der Waals surface area contributed by atoms with Crippen LogP contribution in [0, 0.1) is 0 Å². The summed E-state index contributed by atoms with van der Waals surface area (Å²) >= 11 is 0. The summed E-state index contributed by atoms with van der Waals surface area (Å²) in [5.74, 6) is -1.05. The van der Waals surface area contributed by atoms with Gasteiger partial charge in [-0.25, -0.2) is 9.59 Å². The van der Waals surface area contributed by atoms with E-state index in [0.29, 0.717) is 16.9 Å². The topological polar surface area (TPSA) is 120 Å². The molecular weight excluding hydrogens is 446 g/mol. The van der Waals surface area contributed by atoms with E-state index in [0.717, 1.165) is 15.7 Å². The summed E-state index contributed by atoms with van der Waals surface area (Å²) < 4.78 is 0. The van der Waals surface area contributed by atoms with Crippen molar-refractivity contribution < 1.29 is 19.2 Å². The minimum absolute atomic E-state index is 0.0256. The summed E-state index contributed by atoms with van der Waals surface area (Å²) in [4.78, 5) is 51.4. The van der Waals surface area contributed by atoms with Gasteiger partial charge in [-0.2, -0.15) is 0 Å². The smallest absolute Gasteiger partial charge is 0.325 e. The zero-order chi connectivity index (χ0) is 25.2. The molecule has 0 aromatic heterocycles. The van der Waals surface area contributed by atoms with Crippen LogP contribution in [-0.4, -0.2) is 41.4 Å². The monoisotopic (exact) mass is 473 g/mol. The second-order valence-corrected chi connectivity index (χ2v) is 8.89. The number of anilines is 2. The second kappa shape index (κ2) is 9.46. The molecule has 180 valence electrons. The number of imide groups is 1. The van der Waals surface area contributed by atoms with E-state index < -0.39 is 29.9 Å². The van der Waals surface area contributed by atoms with Crippen molar-refractivity contribution in [3.63, 3.8) is 0 Å². The molecule has 4 rings (SSSR count). The van der Waals surface area contributed by atoms with Crippen LogP contribution in [0.2, 0.25) is 0 Å². The SMILES string of the molecule is CC(C)NC(=O)Nc1cccc(NC(=O)CN2C(=O)N[C@](C)(c3ccc4ccccc4c3)C2=O)c1. The molecule has 0 aliphatic carbocycles. The molecule has 9 heteroatoms. The fourth-order valence-electron chi connectivity index (χ4n) is 3.98. The predicted molar refractivity (Wildman–Crippen MR) is 134 cm³/mol. The Morgan fingerprint density at radius 2 is 1.60 bits per heavy atom. The molecule has 4 N–H and O–H groups in total. The van der Waals surface area contributed by atoms with E-state index in [9.17, 15) is 19.2 Å². The van der Waals surface area contributed by atoms with Crippen LogP contribution in [0.3, 0.4) is 0 Å². The van der Waals surface area contributed by atoms with Crippen molar-refractivity contribution in [1.29, 1.82) is 0 Å². The standard InChI is InChI=1S/C26H27N5O4/c1-16(2)27-24(34)29-21-10-6-9-20(14-21)28-22(32)15-31-23(33)26(3,30-25(31)35)19-12-11-17-7-4-5-8-18(17)13-19/h4-14,16H,15H2,1-3H3,(H,28,32)(H,30,35)(H2,27,29,34)/t26-/m1/s1. The van der Waals surface area contributed by atoms with Crippen LogP contribution in [0.15, 0.2) is 66.7 Å². The lowest BCUT2D eigenvalue weighted by molar-refractivity contribution is -0.133. The molecule has 0 saturated carbocycles. The van der Waals surface area contributed by atoms with Crippen LogP contribution in [0.4, 0.5) is 21.0 Å². The summed E-state index contributed by atoms with van der Waals surface area (Å²) in [5.41, 5.74) is 0.257. The minimum Gasteiger partial charge on any atom is -0.336 e. The van der Waals surface area contributed by atoms with Gasteiger partial charge in [0.25, 0.3) is 5.91 Å². The van der Waals surface area contributed by atoms with Gasteiger partial charge in [0, 0.05) is 17.4 Å². The number of rotatable bonds is 6. The van der Waals surface area contributed by atoms with Crippen molar-refractivity contribution >= 4 is 46.0 Å². The van der Waals surface area contributed by atoms with Crippen molar-refractivity contribution in [2.75, 3.05) is 17.2 Å². The van der Waals surface area contributed by atoms with Crippen LogP contribution in [0.1, 0.15) is 26.3 Å². The number of nitrogens with one attached hydrogen (secondary N) is 4. The van der Waals surface area contributed by atoms with Crippen molar-refractivity contribution in [2.24, 2.45) is 0 Å². The lowest BCUT2D eigenvalue weighted by Gasteiger charge is -2.22. The normalized spacial score (nSPS) is 17.4. The number of amides is 6. The largest absolute Gasteiger partial charge is 0.336 e. The number of fused-ring (bicyclic) bond motifs is 1. The zero-order valence-electron chi connectivity index (χ0n) is 19.7. The molecule has 3 aromatic carbocycles. The Labute approximate surface area is 202 Å². The third-order valence-electron chi connectivity index (χ3n) is 5.73. The zero-order valence-corrected chi connectivity index (χ0v) is 19.7. The Bertz CT molecular complexity index is 1320. The Kier molecular flexibility index (Phi) is 6.42. The Morgan fingerprint density at radius 3 is 2.31 bits per heavy atom. The first-order chi connectivity index (χ1) is 16.7. The van der Waals surface area contributed by atoms with E-state index in [-0.39, 0.29) is 12.1 Å². The summed E-state index contributed by atoms with van der Waals surface area (Å²) in [6.45, 7) is 4.87. The molecule has 0 unspecified atom stereocenters. The molecule has 1 aliphatic rings. The third-order valence-corrected chi connectivity index (χ3v) is 5.73. The van der Waals surface area contributed by atoms with E-state index in [1.807, 2.05) is 50.2 Å². The van der Waals surface area contributed by atoms with E-state index in [4.69, 9.17) is 0 Å². The quantitative estimate of drug-likeness (QED) is 0.407. The lowest BCUT2D eigenvalue weighted by atomic mass is 9.90. The first-order valence-electron chi connectivity index (χ1n) is 11.3. The highest BCUT2D eigenvalue weighted by molar-refractivity contribution is 6.10. The van der Waals surface area contributed by atoms with Gasteiger partial charge in [0.2, 0.25) is 5.91 Å². The first kappa shape index (κ1) is 23.7.